The molecule has 0 aliphatic carbocycles. The maximum atomic E-state index is 11.2. The maximum absolute atomic E-state index is 11.2. The second-order valence-electron chi connectivity index (χ2n) is 11.2. The Balaban J connectivity index is 0.000000778. The van der Waals surface area contributed by atoms with Gasteiger partial charge in [0, 0.05) is 11.1 Å². The molecule has 7 rings (SSSR count). The number of aromatic hydroxyl groups is 1. The number of rotatable bonds is 6. The summed E-state index contributed by atoms with van der Waals surface area (Å²) >= 11 is -3.29. The van der Waals surface area contributed by atoms with Crippen LogP contribution in [0.2, 0.25) is 0 Å². The van der Waals surface area contributed by atoms with E-state index < -0.39 is 21.9 Å². The minimum absolute atomic E-state index is 0.206. The molecule has 0 aromatic heterocycles. The second-order valence-corrected chi connectivity index (χ2v) is 40.1. The fourth-order valence-electron chi connectivity index (χ4n) is 6.22. The van der Waals surface area contributed by atoms with Crippen LogP contribution in [0.1, 0.15) is 0 Å². The third-order valence-electron chi connectivity index (χ3n) is 8.24. The summed E-state index contributed by atoms with van der Waals surface area (Å²) in [7, 11) is 17.4. The van der Waals surface area contributed by atoms with Crippen molar-refractivity contribution >= 4 is 94.7 Å². The van der Waals surface area contributed by atoms with E-state index in [4.69, 9.17) is 40.4 Å². The summed E-state index contributed by atoms with van der Waals surface area (Å²) in [6.45, 7) is 0.206. The van der Waals surface area contributed by atoms with Crippen molar-refractivity contribution in [1.29, 1.82) is 0 Å². The second kappa shape index (κ2) is 16.0. The zero-order valence-electron chi connectivity index (χ0n) is 26.2. The van der Waals surface area contributed by atoms with Crippen molar-refractivity contribution in [1.82, 2.24) is 0 Å². The van der Waals surface area contributed by atoms with E-state index in [0.717, 1.165) is 32.7 Å². The summed E-state index contributed by atoms with van der Waals surface area (Å²) in [6, 6.07) is 56.1. The molecule has 0 atom stereocenters. The van der Waals surface area contributed by atoms with Gasteiger partial charge in [-0.2, -0.15) is 0 Å². The van der Waals surface area contributed by atoms with Crippen molar-refractivity contribution in [3.05, 3.63) is 164 Å². The Morgan fingerprint density at radius 1 is 0.510 bits per heavy atom. The van der Waals surface area contributed by atoms with Crippen LogP contribution in [0.15, 0.2) is 164 Å². The molecule has 7 aromatic carbocycles. The van der Waals surface area contributed by atoms with Gasteiger partial charge >= 0.3 is 49.6 Å². The average molecular weight is 843 g/mol. The van der Waals surface area contributed by atoms with Crippen LogP contribution >= 0.6 is 35.7 Å². The fourth-order valence-corrected chi connectivity index (χ4v) is 10.1. The van der Waals surface area contributed by atoms with Gasteiger partial charge in [0.25, 0.3) is 0 Å². The topological polar surface area (TPSA) is 29.5 Å². The Bertz CT molecular complexity index is 2150. The first-order valence-electron chi connectivity index (χ1n) is 15.5. The molecule has 2 nitrogen and oxygen atoms in total. The van der Waals surface area contributed by atoms with Crippen molar-refractivity contribution < 1.29 is 9.84 Å². The van der Waals surface area contributed by atoms with Gasteiger partial charge in [0.2, 0.25) is 8.07 Å². The van der Waals surface area contributed by atoms with Crippen LogP contribution in [-0.4, -0.2) is 33.7 Å². The van der Waals surface area contributed by atoms with Gasteiger partial charge in [-0.3, -0.25) is 0 Å². The molecule has 0 saturated heterocycles. The van der Waals surface area contributed by atoms with Gasteiger partial charge in [-0.15, -0.1) is 5.54 Å². The molecule has 0 aliphatic heterocycles. The molecule has 0 bridgehead atoms. The molecule has 0 fully saturated rings. The van der Waals surface area contributed by atoms with Gasteiger partial charge in [-0.25, -0.2) is 0 Å². The van der Waals surface area contributed by atoms with Crippen LogP contribution in [0.3, 0.4) is 0 Å². The molecule has 8 heteroatoms. The third-order valence-corrected chi connectivity index (χ3v) is 12.4. The van der Waals surface area contributed by atoms with E-state index in [1.807, 2.05) is 36.4 Å². The summed E-state index contributed by atoms with van der Waals surface area (Å²) in [4.78, 5) is 0. The van der Waals surface area contributed by atoms with Gasteiger partial charge in [0.05, 0.1) is 0 Å². The molecule has 0 aliphatic rings. The molecule has 242 valence electrons. The van der Waals surface area contributed by atoms with E-state index in [9.17, 15) is 5.11 Å². The Kier molecular flexibility index (Phi) is 11.5. The minimum atomic E-state index is -3.29. The SMILES string of the molecule is Oc1ccc2ccccc2c1-c1c(OCC#C[Si](c2ccccc2)(c2ccccc2)c2ccccc2)ccc2ccccc12.[Cl][Sn]([Cl])([Cl])[Cl]. The van der Waals surface area contributed by atoms with Gasteiger partial charge in [-0.1, -0.05) is 158 Å². The Hall–Kier alpha value is -3.60. The van der Waals surface area contributed by atoms with Crippen LogP contribution in [0.5, 0.6) is 11.5 Å². The quantitative estimate of drug-likeness (QED) is 0.103. The molecular formula is C41H30Cl4O2SiSn. The predicted octanol–water partition coefficient (Wildman–Crippen LogP) is 9.83. The average Bonchev–Trinajstić information content (AvgIpc) is 3.12. The van der Waals surface area contributed by atoms with Crippen molar-refractivity contribution in [3.8, 4) is 34.1 Å². The van der Waals surface area contributed by atoms with E-state index in [1.54, 1.807) is 6.07 Å². The first kappa shape index (κ1) is 35.2. The molecule has 7 aromatic rings. The molecular weight excluding hydrogens is 813 g/mol. The van der Waals surface area contributed by atoms with Gasteiger partial charge in [0.1, 0.15) is 18.1 Å². The molecule has 0 unspecified atom stereocenters. The standard InChI is InChI=1S/C41H30O2Si.4ClH.Sn/c42-38-27-25-31-15-10-12-23-36(31)40(38)41-37-24-13-11-16-32(37)26-28-39(41)43-29-14-30-44(33-17-4-1-5-18-33,34-19-6-2-7-20-34)35-21-8-3-9-22-35;;;;;/h1-13,15-28,42H,29H2;4*1H;/q;;;;;+4/p-4. The fraction of sp³-hybridized carbons (Fsp3) is 0.0244. The van der Waals surface area contributed by atoms with E-state index >= 15 is 0 Å². The van der Waals surface area contributed by atoms with E-state index in [1.165, 1.54) is 15.6 Å². The van der Waals surface area contributed by atoms with Gasteiger partial charge < -0.3 is 9.84 Å². The Labute approximate surface area is 306 Å². The van der Waals surface area contributed by atoms with Gasteiger partial charge in [-0.05, 0) is 49.2 Å². The molecule has 0 spiro atoms. The van der Waals surface area contributed by atoms with E-state index in [-0.39, 0.29) is 12.4 Å². The van der Waals surface area contributed by atoms with Crippen molar-refractivity contribution in [2.24, 2.45) is 0 Å². The normalized spacial score (nSPS) is 11.3. The van der Waals surface area contributed by atoms with Crippen LogP contribution in [0.25, 0.3) is 32.7 Å². The molecule has 0 heterocycles. The molecule has 0 saturated carbocycles. The van der Waals surface area contributed by atoms with Crippen LogP contribution in [-0.2, 0) is 0 Å². The Morgan fingerprint density at radius 2 is 0.918 bits per heavy atom. The third kappa shape index (κ3) is 8.24. The molecule has 0 amide bonds. The first-order chi connectivity index (χ1) is 23.8. The zero-order valence-corrected chi connectivity index (χ0v) is 33.0. The summed E-state index contributed by atoms with van der Waals surface area (Å²) in [6.07, 6.45) is 0. The number of benzene rings is 7. The number of phenols is 1. The first-order valence-corrected chi connectivity index (χ1v) is 32.0. The number of hydrogen-bond acceptors (Lipinski definition) is 2. The van der Waals surface area contributed by atoms with Crippen molar-refractivity contribution in [2.75, 3.05) is 6.61 Å². The predicted molar refractivity (Wildman–Crippen MR) is 215 cm³/mol. The van der Waals surface area contributed by atoms with Crippen molar-refractivity contribution in [2.45, 2.75) is 0 Å². The number of ether oxygens (including phenoxy) is 1. The summed E-state index contributed by atoms with van der Waals surface area (Å²) in [5.74, 6) is 4.39. The van der Waals surface area contributed by atoms with Crippen molar-refractivity contribution in [3.63, 3.8) is 0 Å². The van der Waals surface area contributed by atoms with Crippen LogP contribution in [0.4, 0.5) is 0 Å². The monoisotopic (exact) mass is 842 g/mol. The van der Waals surface area contributed by atoms with Crippen LogP contribution in [0, 0.1) is 11.5 Å². The molecule has 1 N–H and O–H groups in total. The van der Waals surface area contributed by atoms with E-state index in [0.29, 0.717) is 5.75 Å². The molecule has 49 heavy (non-hydrogen) atoms. The number of phenolic OH excluding ortho intramolecular Hbond substituents is 1. The number of fused-ring (bicyclic) bond motifs is 2. The van der Waals surface area contributed by atoms with Crippen LogP contribution < -0.4 is 20.3 Å². The van der Waals surface area contributed by atoms with Gasteiger partial charge in [0.15, 0.2) is 0 Å². The number of hydrogen-bond donors (Lipinski definition) is 1. The molecule has 0 radical (unpaired) electrons. The van der Waals surface area contributed by atoms with E-state index in [2.05, 4.69) is 133 Å². The summed E-state index contributed by atoms with van der Waals surface area (Å²) < 4.78 is 6.54. The number of halogens is 4. The summed E-state index contributed by atoms with van der Waals surface area (Å²) in [5, 5.41) is 19.1. The Morgan fingerprint density at radius 3 is 1.41 bits per heavy atom. The summed E-state index contributed by atoms with van der Waals surface area (Å²) in [5.41, 5.74) is 5.44. The zero-order chi connectivity index (χ0) is 34.3.